The number of nitrogens with zero attached hydrogens (tertiary/aromatic N) is 4. The number of fused-ring (bicyclic) bond motifs is 1. The van der Waals surface area contributed by atoms with Crippen molar-refractivity contribution in [2.24, 2.45) is 0 Å². The molecule has 1 N–H and O–H groups in total. The smallest absolute Gasteiger partial charge is 0.165 e. The number of ether oxygens (including phenoxy) is 1. The van der Waals surface area contributed by atoms with Gasteiger partial charge in [0.2, 0.25) is 0 Å². The van der Waals surface area contributed by atoms with Crippen molar-refractivity contribution in [3.05, 3.63) is 47.0 Å². The summed E-state index contributed by atoms with van der Waals surface area (Å²) in [7, 11) is 5.36. The fourth-order valence-corrected chi connectivity index (χ4v) is 3.44. The highest BCUT2D eigenvalue weighted by Crippen LogP contribution is 2.26. The Hall–Kier alpha value is -1.96. The van der Waals surface area contributed by atoms with Gasteiger partial charge in [0.05, 0.1) is 18.5 Å². The van der Waals surface area contributed by atoms with Gasteiger partial charge in [0.1, 0.15) is 6.10 Å². The Morgan fingerprint density at radius 2 is 2.15 bits per heavy atom. The van der Waals surface area contributed by atoms with E-state index in [-0.39, 0.29) is 5.82 Å². The number of rotatable bonds is 6. The average Bonchev–Trinajstić information content (AvgIpc) is 2.88. The molecular formula is C19H27FN4O2. The lowest BCUT2D eigenvalue weighted by Gasteiger charge is -2.21. The number of aliphatic hydroxyl groups is 1. The van der Waals surface area contributed by atoms with Gasteiger partial charge in [0.15, 0.2) is 11.6 Å². The van der Waals surface area contributed by atoms with Gasteiger partial charge in [-0.1, -0.05) is 12.1 Å². The standard InChI is InChI=1S/C19H27FN4O2/c1-22(2)13-18(25)17-10-15-12-23(8-5-9-24(15)21-17)11-14-6-4-7-16(20)19(14)26-3/h4,6-7,10,18,25H,5,8-9,11-13H2,1-3H3/t18-/m1/s1. The lowest BCUT2D eigenvalue weighted by Crippen LogP contribution is -2.23. The minimum absolute atomic E-state index is 0.312. The summed E-state index contributed by atoms with van der Waals surface area (Å²) < 4.78 is 21.1. The van der Waals surface area contributed by atoms with Gasteiger partial charge in [-0.3, -0.25) is 9.58 Å². The fraction of sp³-hybridized carbons (Fsp3) is 0.526. The highest BCUT2D eigenvalue weighted by Gasteiger charge is 2.21. The predicted molar refractivity (Wildman–Crippen MR) is 97.4 cm³/mol. The molecule has 1 aliphatic rings. The molecular weight excluding hydrogens is 335 g/mol. The summed E-state index contributed by atoms with van der Waals surface area (Å²) in [5.74, 6) is -0.0219. The molecule has 1 aliphatic heterocycles. The number of aliphatic hydroxyl groups excluding tert-OH is 1. The Balaban J connectivity index is 1.76. The van der Waals surface area contributed by atoms with Gasteiger partial charge in [-0.25, -0.2) is 4.39 Å². The van der Waals surface area contributed by atoms with E-state index in [0.717, 1.165) is 30.8 Å². The Kier molecular flexibility index (Phi) is 5.90. The lowest BCUT2D eigenvalue weighted by atomic mass is 10.1. The van der Waals surface area contributed by atoms with Crippen molar-refractivity contribution in [1.82, 2.24) is 19.6 Å². The first kappa shape index (κ1) is 18.8. The third-order valence-electron chi connectivity index (χ3n) is 4.64. The third-order valence-corrected chi connectivity index (χ3v) is 4.64. The molecule has 2 aromatic rings. The molecule has 2 heterocycles. The van der Waals surface area contributed by atoms with E-state index in [2.05, 4.69) is 10.00 Å². The van der Waals surface area contributed by atoms with E-state index in [0.29, 0.717) is 31.1 Å². The Morgan fingerprint density at radius 1 is 1.35 bits per heavy atom. The zero-order chi connectivity index (χ0) is 18.7. The van der Waals surface area contributed by atoms with Crippen molar-refractivity contribution in [3.63, 3.8) is 0 Å². The van der Waals surface area contributed by atoms with Gasteiger partial charge >= 0.3 is 0 Å². The van der Waals surface area contributed by atoms with Crippen LogP contribution >= 0.6 is 0 Å². The van der Waals surface area contributed by atoms with Crippen LogP contribution in [0.5, 0.6) is 5.75 Å². The van der Waals surface area contributed by atoms with E-state index in [1.165, 1.54) is 13.2 Å². The van der Waals surface area contributed by atoms with Crippen molar-refractivity contribution >= 4 is 0 Å². The van der Waals surface area contributed by atoms with Crippen LogP contribution in [0.25, 0.3) is 0 Å². The number of halogens is 1. The molecule has 0 bridgehead atoms. The topological polar surface area (TPSA) is 53.8 Å². The molecule has 0 radical (unpaired) electrons. The summed E-state index contributed by atoms with van der Waals surface area (Å²) in [4.78, 5) is 4.21. The van der Waals surface area contributed by atoms with Crippen molar-refractivity contribution in [1.29, 1.82) is 0 Å². The number of methoxy groups -OCH3 is 1. The van der Waals surface area contributed by atoms with E-state index < -0.39 is 6.10 Å². The summed E-state index contributed by atoms with van der Waals surface area (Å²) in [6.45, 7) is 3.59. The maximum absolute atomic E-state index is 13.9. The fourth-order valence-electron chi connectivity index (χ4n) is 3.44. The van der Waals surface area contributed by atoms with Crippen molar-refractivity contribution < 1.29 is 14.2 Å². The second-order valence-electron chi connectivity index (χ2n) is 7.06. The highest BCUT2D eigenvalue weighted by molar-refractivity contribution is 5.35. The number of benzene rings is 1. The molecule has 0 spiro atoms. The molecule has 26 heavy (non-hydrogen) atoms. The molecule has 7 heteroatoms. The van der Waals surface area contributed by atoms with Crippen molar-refractivity contribution in [3.8, 4) is 5.75 Å². The number of aromatic nitrogens is 2. The monoisotopic (exact) mass is 362 g/mol. The molecule has 6 nitrogen and oxygen atoms in total. The lowest BCUT2D eigenvalue weighted by molar-refractivity contribution is 0.133. The quantitative estimate of drug-likeness (QED) is 0.852. The van der Waals surface area contributed by atoms with Crippen LogP contribution in [0.4, 0.5) is 4.39 Å². The van der Waals surface area contributed by atoms with E-state index in [1.54, 1.807) is 6.07 Å². The summed E-state index contributed by atoms with van der Waals surface area (Å²) in [6.07, 6.45) is 0.358. The molecule has 1 atom stereocenters. The highest BCUT2D eigenvalue weighted by atomic mass is 19.1. The van der Waals surface area contributed by atoms with Crippen LogP contribution in [0, 0.1) is 5.82 Å². The van der Waals surface area contributed by atoms with E-state index in [4.69, 9.17) is 4.74 Å². The van der Waals surface area contributed by atoms with E-state index >= 15 is 0 Å². The van der Waals surface area contributed by atoms with Crippen LogP contribution in [-0.2, 0) is 19.6 Å². The van der Waals surface area contributed by atoms with Crippen LogP contribution in [0.2, 0.25) is 0 Å². The van der Waals surface area contributed by atoms with Crippen LogP contribution in [-0.4, -0.2) is 59.0 Å². The van der Waals surface area contributed by atoms with Gasteiger partial charge < -0.3 is 14.7 Å². The second kappa shape index (κ2) is 8.16. The van der Waals surface area contributed by atoms with Crippen LogP contribution in [0.1, 0.15) is 29.5 Å². The Labute approximate surface area is 153 Å². The van der Waals surface area contributed by atoms with Crippen LogP contribution < -0.4 is 4.74 Å². The normalized spacial score (nSPS) is 16.4. The van der Waals surface area contributed by atoms with Gasteiger partial charge in [-0.05, 0) is 32.6 Å². The largest absolute Gasteiger partial charge is 0.493 e. The molecule has 1 aromatic carbocycles. The van der Waals surface area contributed by atoms with Crippen LogP contribution in [0.15, 0.2) is 24.3 Å². The Morgan fingerprint density at radius 3 is 2.88 bits per heavy atom. The maximum Gasteiger partial charge on any atom is 0.165 e. The van der Waals surface area contributed by atoms with Crippen molar-refractivity contribution in [2.45, 2.75) is 32.2 Å². The first-order valence-electron chi connectivity index (χ1n) is 8.91. The molecule has 0 aliphatic carbocycles. The molecule has 142 valence electrons. The minimum Gasteiger partial charge on any atom is -0.493 e. The van der Waals surface area contributed by atoms with E-state index in [9.17, 15) is 9.50 Å². The SMILES string of the molecule is COc1c(F)cccc1CN1CCCn2nc([C@H](O)CN(C)C)cc2C1. The first-order chi connectivity index (χ1) is 12.5. The van der Waals surface area contributed by atoms with Gasteiger partial charge in [-0.15, -0.1) is 0 Å². The minimum atomic E-state index is -0.596. The summed E-state index contributed by atoms with van der Waals surface area (Å²) in [5, 5.41) is 14.9. The summed E-state index contributed by atoms with van der Waals surface area (Å²) in [6, 6.07) is 7.01. The zero-order valence-electron chi connectivity index (χ0n) is 15.7. The summed E-state index contributed by atoms with van der Waals surface area (Å²) >= 11 is 0. The average molecular weight is 362 g/mol. The number of hydrogen-bond acceptors (Lipinski definition) is 5. The first-order valence-corrected chi connectivity index (χ1v) is 8.91. The number of aryl methyl sites for hydroxylation is 1. The van der Waals surface area contributed by atoms with Crippen LogP contribution in [0.3, 0.4) is 0 Å². The molecule has 1 aromatic heterocycles. The molecule has 0 fully saturated rings. The summed E-state index contributed by atoms with van der Waals surface area (Å²) in [5.41, 5.74) is 2.62. The zero-order valence-corrected chi connectivity index (χ0v) is 15.7. The number of likely N-dealkylation sites (N-methyl/N-ethyl adjacent to an activating group) is 1. The molecule has 0 amide bonds. The second-order valence-corrected chi connectivity index (χ2v) is 7.06. The molecule has 3 rings (SSSR count). The van der Waals surface area contributed by atoms with Gasteiger partial charge in [0.25, 0.3) is 0 Å². The maximum atomic E-state index is 13.9. The third kappa shape index (κ3) is 4.23. The molecule has 0 saturated heterocycles. The van der Waals surface area contributed by atoms with Gasteiger partial charge in [-0.2, -0.15) is 5.10 Å². The number of hydrogen-bond donors (Lipinski definition) is 1. The Bertz CT molecular complexity index is 747. The molecule has 0 saturated carbocycles. The predicted octanol–water partition coefficient (Wildman–Crippen LogP) is 2.03. The van der Waals surface area contributed by atoms with E-state index in [1.807, 2.05) is 35.8 Å². The van der Waals surface area contributed by atoms with Crippen molar-refractivity contribution in [2.75, 3.05) is 34.3 Å². The number of para-hydroxylation sites is 1. The molecule has 0 unspecified atom stereocenters. The van der Waals surface area contributed by atoms with Gasteiger partial charge in [0, 0.05) is 38.3 Å².